The Morgan fingerprint density at radius 2 is 1.08 bits per heavy atom. The lowest BCUT2D eigenvalue weighted by atomic mass is 10.1. The Morgan fingerprint density at radius 3 is 1.54 bits per heavy atom. The number of aryl methyl sites for hydroxylation is 2. The van der Waals surface area contributed by atoms with Gasteiger partial charge in [0.15, 0.2) is 11.4 Å². The van der Waals surface area contributed by atoms with Crippen LogP contribution in [0.5, 0.6) is 5.75 Å². The van der Waals surface area contributed by atoms with Crippen LogP contribution in [0.1, 0.15) is 105 Å². The number of rotatable bonds is 13. The largest absolute Gasteiger partial charge is 0.497 e. The molecule has 2 aliphatic rings. The summed E-state index contributed by atoms with van der Waals surface area (Å²) in [7, 11) is 7.35. The molecule has 11 rings (SSSR count). The standard InChI is InChI=1S/C35H40ClN7O6.C27H32ClN7O5/c1-35(2,3)49-34(46)37-23-11-9-17-41(20-23)33-38-26-27-28(40(4)31(44)29(26)42(33)19-22-10-7-8-12-25(22)36)30(32(45)48-6)43(39-27)18-21-13-15-24(47-5)16-14-21;1-27(2,3)40-26(38)29-16-10-8-12-34(14-16)25-30-18-19-21(20(32-31-19)24(37)39-5)33(4)23(36)22(18)35(25)13-15-9-6-7-11-17(15)28/h7-8,10,12-16,23H,9,11,17-20H2,1-6H3,(H,37,46);6-7,9,11,16H,8,10,12-14H2,1-5H3,(H,29,38)(H,31,32)/t23-;16-/m11/s1. The van der Waals surface area contributed by atoms with E-state index in [1.807, 2.05) is 116 Å². The number of piperidine rings is 2. The van der Waals surface area contributed by atoms with Gasteiger partial charge >= 0.3 is 24.1 Å². The molecule has 25 nitrogen and oxygen atoms in total. The number of benzene rings is 3. The second kappa shape index (κ2) is 25.5. The van der Waals surface area contributed by atoms with Gasteiger partial charge in [0.05, 0.1) is 41.0 Å². The third-order valence-corrected chi connectivity index (χ3v) is 16.1. The molecular weight excluding hydrogens is 1190 g/mol. The Bertz CT molecular complexity index is 4300. The van der Waals surface area contributed by atoms with E-state index in [1.54, 1.807) is 38.0 Å². The van der Waals surface area contributed by atoms with E-state index in [9.17, 15) is 28.8 Å². The molecule has 0 spiro atoms. The van der Waals surface area contributed by atoms with Crippen molar-refractivity contribution in [2.45, 2.75) is 110 Å². The van der Waals surface area contributed by atoms with Crippen molar-refractivity contribution in [2.24, 2.45) is 14.1 Å². The summed E-state index contributed by atoms with van der Waals surface area (Å²) in [5, 5.41) is 19.0. The van der Waals surface area contributed by atoms with Crippen LogP contribution in [0.4, 0.5) is 21.5 Å². The number of carbonyl (C=O) groups excluding carboxylic acids is 4. The van der Waals surface area contributed by atoms with E-state index in [0.29, 0.717) is 98.0 Å². The zero-order valence-corrected chi connectivity index (χ0v) is 53.0. The van der Waals surface area contributed by atoms with Gasteiger partial charge in [-0.2, -0.15) is 10.2 Å². The quantitative estimate of drug-likeness (QED) is 0.0719. The molecule has 27 heteroatoms. The number of methoxy groups -OCH3 is 3. The van der Waals surface area contributed by atoms with Crippen molar-refractivity contribution in [3.05, 3.63) is 132 Å². The molecule has 2 fully saturated rings. The number of aromatic nitrogens is 10. The van der Waals surface area contributed by atoms with Crippen molar-refractivity contribution in [3.8, 4) is 5.75 Å². The van der Waals surface area contributed by atoms with E-state index >= 15 is 0 Å². The molecule has 2 saturated heterocycles. The second-order valence-electron chi connectivity index (χ2n) is 24.0. The smallest absolute Gasteiger partial charge is 0.407 e. The maximum Gasteiger partial charge on any atom is 0.407 e. The van der Waals surface area contributed by atoms with E-state index in [2.05, 4.69) is 25.7 Å². The zero-order chi connectivity index (χ0) is 63.8. The van der Waals surface area contributed by atoms with Crippen LogP contribution in [-0.4, -0.2) is 143 Å². The van der Waals surface area contributed by atoms with Crippen LogP contribution in [-0.2, 0) is 52.7 Å². The fourth-order valence-electron chi connectivity index (χ4n) is 11.4. The molecule has 6 aromatic heterocycles. The number of imidazole rings is 2. The normalized spacial score (nSPS) is 15.5. The first-order chi connectivity index (χ1) is 42.4. The summed E-state index contributed by atoms with van der Waals surface area (Å²) < 4.78 is 34.4. The first-order valence-electron chi connectivity index (χ1n) is 29.1. The summed E-state index contributed by atoms with van der Waals surface area (Å²) in [6, 6.07) is 21.9. The van der Waals surface area contributed by atoms with Gasteiger partial charge in [-0.25, -0.2) is 29.1 Å². The topological polar surface area (TPSA) is 271 Å². The first-order valence-corrected chi connectivity index (χ1v) is 29.8. The molecule has 2 aliphatic heterocycles. The number of carbonyl (C=O) groups is 4. The van der Waals surface area contributed by atoms with E-state index < -0.39 is 35.3 Å². The van der Waals surface area contributed by atoms with Crippen molar-refractivity contribution in [1.82, 2.24) is 58.8 Å². The molecule has 0 radical (unpaired) electrons. The minimum absolute atomic E-state index is 0.0702. The molecule has 0 unspecified atom stereocenters. The number of amides is 2. The molecular formula is C62H72Cl2N14O11. The maximum atomic E-state index is 14.4. The number of pyridine rings is 2. The summed E-state index contributed by atoms with van der Waals surface area (Å²) in [6.45, 7) is 13.9. The molecule has 89 heavy (non-hydrogen) atoms. The van der Waals surface area contributed by atoms with Gasteiger partial charge in [0.2, 0.25) is 11.9 Å². The van der Waals surface area contributed by atoms with Crippen LogP contribution in [0, 0.1) is 0 Å². The predicted molar refractivity (Wildman–Crippen MR) is 338 cm³/mol. The first kappa shape index (κ1) is 62.9. The lowest BCUT2D eigenvalue weighted by molar-refractivity contribution is 0.0488. The number of esters is 2. The Balaban J connectivity index is 0.000000200. The molecule has 3 aromatic carbocycles. The van der Waals surface area contributed by atoms with Gasteiger partial charge in [0.25, 0.3) is 11.1 Å². The van der Waals surface area contributed by atoms with Crippen LogP contribution >= 0.6 is 23.2 Å². The summed E-state index contributed by atoms with van der Waals surface area (Å²) in [5.74, 6) is 0.495. The molecule has 3 N–H and O–H groups in total. The number of aromatic amines is 1. The number of halogens is 2. The van der Waals surface area contributed by atoms with Crippen LogP contribution in [0.2, 0.25) is 10.0 Å². The van der Waals surface area contributed by atoms with Crippen LogP contribution in [0.3, 0.4) is 0 Å². The SMILES string of the molecule is COC(=O)c1[nH]nc2c3nc(N4CCC[C@@H](NC(=O)OC(C)(C)C)C4)n(Cc4ccccc4Cl)c3c(=O)n(C)c12.COC(=O)c1c2c(nn1Cc1ccc(OC)cc1)c1nc(N3CCC[C@@H](NC(=O)OC(C)(C)C)C3)n(Cc3ccccc3Cl)c1c(=O)n2C. The summed E-state index contributed by atoms with van der Waals surface area (Å²) >= 11 is 13.2. The Hall–Kier alpha value is -9.10. The number of H-pyrrole nitrogens is 1. The number of alkyl carbamates (subject to hydrolysis) is 2. The van der Waals surface area contributed by atoms with Crippen LogP contribution < -0.4 is 36.3 Å². The summed E-state index contributed by atoms with van der Waals surface area (Å²) in [5.41, 5.74) is 3.45. The van der Waals surface area contributed by atoms with Gasteiger partial charge in [0, 0.05) is 62.4 Å². The summed E-state index contributed by atoms with van der Waals surface area (Å²) in [4.78, 5) is 93.1. The highest BCUT2D eigenvalue weighted by molar-refractivity contribution is 6.31. The Labute approximate surface area is 521 Å². The minimum Gasteiger partial charge on any atom is -0.497 e. The third-order valence-electron chi connectivity index (χ3n) is 15.4. The van der Waals surface area contributed by atoms with Crippen molar-refractivity contribution in [3.63, 3.8) is 0 Å². The number of anilines is 2. The highest BCUT2D eigenvalue weighted by atomic mass is 35.5. The minimum atomic E-state index is -0.639. The second-order valence-corrected chi connectivity index (χ2v) is 24.8. The molecule has 0 bridgehead atoms. The number of fused-ring (bicyclic) bond motifs is 6. The number of nitrogens with zero attached hydrogens (tertiary/aromatic N) is 11. The molecule has 2 atom stereocenters. The average Bonchev–Trinajstić information content (AvgIpc) is 1.59. The third kappa shape index (κ3) is 13.2. The van der Waals surface area contributed by atoms with Crippen LogP contribution in [0.25, 0.3) is 44.1 Å². The van der Waals surface area contributed by atoms with Crippen molar-refractivity contribution in [1.29, 1.82) is 0 Å². The van der Waals surface area contributed by atoms with Crippen molar-refractivity contribution >= 4 is 103 Å². The molecule has 2 amide bonds. The fourth-order valence-corrected chi connectivity index (χ4v) is 11.8. The molecule has 9 aromatic rings. The molecule has 0 saturated carbocycles. The van der Waals surface area contributed by atoms with Gasteiger partial charge in [-0.3, -0.25) is 19.4 Å². The number of hydrogen-bond acceptors (Lipinski definition) is 17. The van der Waals surface area contributed by atoms with Crippen LogP contribution in [0.15, 0.2) is 82.4 Å². The van der Waals surface area contributed by atoms with Crippen molar-refractivity contribution in [2.75, 3.05) is 57.3 Å². The predicted octanol–water partition coefficient (Wildman–Crippen LogP) is 8.72. The lowest BCUT2D eigenvalue weighted by Crippen LogP contribution is -2.49. The molecule has 8 heterocycles. The summed E-state index contributed by atoms with van der Waals surface area (Å²) in [6.07, 6.45) is 2.12. The zero-order valence-electron chi connectivity index (χ0n) is 51.5. The maximum absolute atomic E-state index is 14.4. The van der Waals surface area contributed by atoms with Gasteiger partial charge in [-0.1, -0.05) is 71.7 Å². The van der Waals surface area contributed by atoms with E-state index in [1.165, 1.54) is 23.4 Å². The fraction of sp³-hybridized carbons (Fsp3) is 0.419. The number of ether oxygens (including phenoxy) is 5. The van der Waals surface area contributed by atoms with Gasteiger partial charge in [-0.05, 0) is 108 Å². The van der Waals surface area contributed by atoms with Gasteiger partial charge in [-0.15, -0.1) is 0 Å². The Kier molecular flexibility index (Phi) is 18.1. The van der Waals surface area contributed by atoms with Crippen molar-refractivity contribution < 1.29 is 42.9 Å². The monoisotopic (exact) mass is 1260 g/mol. The Morgan fingerprint density at radius 1 is 0.607 bits per heavy atom. The van der Waals surface area contributed by atoms with Gasteiger partial charge in [0.1, 0.15) is 61.1 Å². The van der Waals surface area contributed by atoms with E-state index in [-0.39, 0.29) is 54.2 Å². The number of hydrogen-bond donors (Lipinski definition) is 3. The van der Waals surface area contributed by atoms with Gasteiger partial charge < -0.3 is 62.4 Å². The highest BCUT2D eigenvalue weighted by Crippen LogP contribution is 2.34. The molecule has 470 valence electrons. The lowest BCUT2D eigenvalue weighted by Gasteiger charge is -2.34. The average molecular weight is 1260 g/mol. The van der Waals surface area contributed by atoms with E-state index in [0.717, 1.165) is 42.4 Å². The van der Waals surface area contributed by atoms with E-state index in [4.69, 9.17) is 62.0 Å². The number of nitrogens with one attached hydrogen (secondary N) is 3. The highest BCUT2D eigenvalue weighted by Gasteiger charge is 2.34. The molecule has 0 aliphatic carbocycles.